The molecule has 0 radical (unpaired) electrons. The molecule has 2 aromatic rings. The van der Waals surface area contributed by atoms with E-state index in [9.17, 15) is 15.0 Å². The zero-order chi connectivity index (χ0) is 17.6. The van der Waals surface area contributed by atoms with Gasteiger partial charge in [-0.25, -0.2) is 4.98 Å². The maximum Gasteiger partial charge on any atom is 0.272 e. The third-order valence-corrected chi connectivity index (χ3v) is 4.64. The van der Waals surface area contributed by atoms with Gasteiger partial charge in [0.05, 0.1) is 17.6 Å². The molecule has 1 saturated heterocycles. The van der Waals surface area contributed by atoms with Crippen LogP contribution in [0.4, 0.5) is 0 Å². The molecule has 7 heteroatoms. The predicted molar refractivity (Wildman–Crippen MR) is 87.9 cm³/mol. The zero-order valence-electron chi connectivity index (χ0n) is 14.2. The molecule has 1 fully saturated rings. The molecule has 0 unspecified atom stereocenters. The van der Waals surface area contributed by atoms with Crippen LogP contribution in [0.15, 0.2) is 16.9 Å². The van der Waals surface area contributed by atoms with E-state index in [0.717, 1.165) is 11.1 Å². The Morgan fingerprint density at radius 3 is 2.50 bits per heavy atom. The number of aliphatic hydroxyl groups is 2. The van der Waals surface area contributed by atoms with Crippen molar-refractivity contribution < 1.29 is 19.7 Å². The van der Waals surface area contributed by atoms with Gasteiger partial charge in [-0.1, -0.05) is 0 Å². The maximum atomic E-state index is 12.6. The van der Waals surface area contributed by atoms with Crippen LogP contribution in [0, 0.1) is 20.8 Å². The molecule has 4 atom stereocenters. The van der Waals surface area contributed by atoms with E-state index >= 15 is 0 Å². The molecule has 0 spiro atoms. The molecule has 130 valence electrons. The summed E-state index contributed by atoms with van der Waals surface area (Å²) in [7, 11) is 1.40. The largest absolute Gasteiger partial charge is 0.387 e. The molecule has 0 amide bonds. The second-order valence-corrected chi connectivity index (χ2v) is 6.30. The highest BCUT2D eigenvalue weighted by atomic mass is 16.7. The first-order valence-electron chi connectivity index (χ1n) is 7.86. The minimum absolute atomic E-state index is 0.110. The topological polar surface area (TPSA) is 93.8 Å². The van der Waals surface area contributed by atoms with Gasteiger partial charge in [-0.2, -0.15) is 0 Å². The summed E-state index contributed by atoms with van der Waals surface area (Å²) in [5, 5.41) is 20.1. The van der Waals surface area contributed by atoms with E-state index in [0.29, 0.717) is 16.7 Å². The number of aliphatic hydroxyl groups excluding tert-OH is 2. The van der Waals surface area contributed by atoms with Crippen molar-refractivity contribution in [3.8, 4) is 0 Å². The zero-order valence-corrected chi connectivity index (χ0v) is 14.2. The first kappa shape index (κ1) is 17.0. The first-order valence-corrected chi connectivity index (χ1v) is 7.86. The van der Waals surface area contributed by atoms with Gasteiger partial charge in [0.1, 0.15) is 24.0 Å². The van der Waals surface area contributed by atoms with Crippen molar-refractivity contribution in [2.75, 3.05) is 7.11 Å². The third kappa shape index (κ3) is 2.73. The molecule has 24 heavy (non-hydrogen) atoms. The van der Waals surface area contributed by atoms with Crippen LogP contribution in [0.5, 0.6) is 0 Å². The fourth-order valence-electron chi connectivity index (χ4n) is 3.05. The summed E-state index contributed by atoms with van der Waals surface area (Å²) in [6.07, 6.45) is -3.92. The summed E-state index contributed by atoms with van der Waals surface area (Å²) < 4.78 is 12.1. The molecule has 2 N–H and O–H groups in total. The Kier molecular flexibility index (Phi) is 4.44. The van der Waals surface area contributed by atoms with E-state index in [1.54, 1.807) is 11.5 Å². The van der Waals surface area contributed by atoms with Gasteiger partial charge in [0, 0.05) is 7.11 Å². The lowest BCUT2D eigenvalue weighted by atomic mass is 10.1. The summed E-state index contributed by atoms with van der Waals surface area (Å²) in [5.41, 5.74) is 3.67. The minimum Gasteiger partial charge on any atom is -0.387 e. The number of hydrogen-bond acceptors (Lipinski definition) is 6. The molecule has 1 aromatic carbocycles. The minimum atomic E-state index is -1.14. The van der Waals surface area contributed by atoms with Gasteiger partial charge in [0.25, 0.3) is 5.56 Å². The number of rotatable bonds is 3. The highest BCUT2D eigenvalue weighted by Gasteiger charge is 2.43. The number of aromatic nitrogens is 2. The lowest BCUT2D eigenvalue weighted by molar-refractivity contribution is -0.150. The molecule has 1 aliphatic heterocycles. The van der Waals surface area contributed by atoms with Gasteiger partial charge in [-0.3, -0.25) is 4.79 Å². The van der Waals surface area contributed by atoms with Crippen LogP contribution in [-0.4, -0.2) is 51.5 Å². The Bertz CT molecular complexity index is 832. The molecule has 3 rings (SSSR count). The van der Waals surface area contributed by atoms with Crippen LogP contribution in [0.1, 0.15) is 16.8 Å². The van der Waals surface area contributed by atoms with Crippen molar-refractivity contribution >= 4 is 11.0 Å². The van der Waals surface area contributed by atoms with E-state index in [-0.39, 0.29) is 12.1 Å². The Labute approximate surface area is 139 Å². The van der Waals surface area contributed by atoms with Gasteiger partial charge in [0.15, 0.2) is 6.29 Å². The second kappa shape index (κ2) is 6.25. The summed E-state index contributed by atoms with van der Waals surface area (Å²) in [4.78, 5) is 16.9. The van der Waals surface area contributed by atoms with Gasteiger partial charge in [-0.15, -0.1) is 0 Å². The fourth-order valence-corrected chi connectivity index (χ4v) is 3.05. The highest BCUT2D eigenvalue weighted by molar-refractivity contribution is 5.77. The van der Waals surface area contributed by atoms with Crippen molar-refractivity contribution in [1.82, 2.24) is 9.55 Å². The van der Waals surface area contributed by atoms with E-state index in [1.165, 1.54) is 7.11 Å². The van der Waals surface area contributed by atoms with Crippen molar-refractivity contribution in [2.24, 2.45) is 0 Å². The smallest absolute Gasteiger partial charge is 0.272 e. The quantitative estimate of drug-likeness (QED) is 0.845. The fraction of sp³-hybridized carbons (Fsp3) is 0.529. The van der Waals surface area contributed by atoms with Crippen molar-refractivity contribution in [2.45, 2.75) is 51.9 Å². The molecule has 1 aromatic heterocycles. The summed E-state index contributed by atoms with van der Waals surface area (Å²) in [6.45, 7) is 5.73. The number of nitrogens with zero attached hydrogens (tertiary/aromatic N) is 2. The monoisotopic (exact) mass is 334 g/mol. The number of benzene rings is 1. The first-order chi connectivity index (χ1) is 11.3. The molecule has 7 nitrogen and oxygen atoms in total. The average Bonchev–Trinajstić information content (AvgIpc) is 2.81. The Hall–Kier alpha value is -1.80. The number of fused-ring (bicyclic) bond motifs is 1. The van der Waals surface area contributed by atoms with E-state index in [2.05, 4.69) is 4.98 Å². The molecule has 0 bridgehead atoms. The number of aryl methyl sites for hydroxylation is 3. The van der Waals surface area contributed by atoms with E-state index in [4.69, 9.17) is 9.47 Å². The van der Waals surface area contributed by atoms with Crippen LogP contribution in [-0.2, 0) is 16.0 Å². The summed E-state index contributed by atoms with van der Waals surface area (Å²) in [6, 6.07) is 3.84. The van der Waals surface area contributed by atoms with Crippen LogP contribution in [0.2, 0.25) is 0 Å². The standard InChI is InChI=1S/C17H22N2O5/c1-8-5-11-12(6-9(8)2)19(16(22)10(3)18-11)7-13-14(20)15(21)17(23-4)24-13/h5-6,13-15,17,20-21H,7H2,1-4H3/t13-,14-,15-,17-/m1/s1. The summed E-state index contributed by atoms with van der Waals surface area (Å²) in [5.74, 6) is 0. The molecule has 0 saturated carbocycles. The summed E-state index contributed by atoms with van der Waals surface area (Å²) >= 11 is 0. The van der Waals surface area contributed by atoms with Crippen LogP contribution in [0.3, 0.4) is 0 Å². The van der Waals surface area contributed by atoms with Crippen LogP contribution < -0.4 is 5.56 Å². The predicted octanol–water partition coefficient (Wildman–Crippen LogP) is 0.415. The number of methoxy groups -OCH3 is 1. The second-order valence-electron chi connectivity index (χ2n) is 6.30. The Morgan fingerprint density at radius 2 is 1.88 bits per heavy atom. The SMILES string of the molecule is CO[C@@H]1O[C@H](Cn2c(=O)c(C)nc3cc(C)c(C)cc32)[C@@H](O)[C@H]1O. The van der Waals surface area contributed by atoms with E-state index < -0.39 is 24.6 Å². The lowest BCUT2D eigenvalue weighted by Crippen LogP contribution is -2.37. The Balaban J connectivity index is 2.07. The van der Waals surface area contributed by atoms with E-state index in [1.807, 2.05) is 26.0 Å². The Morgan fingerprint density at radius 1 is 1.21 bits per heavy atom. The van der Waals surface area contributed by atoms with Crippen LogP contribution in [0.25, 0.3) is 11.0 Å². The highest BCUT2D eigenvalue weighted by Crippen LogP contribution is 2.24. The molecular weight excluding hydrogens is 312 g/mol. The normalized spacial score (nSPS) is 27.1. The maximum absolute atomic E-state index is 12.6. The number of hydrogen-bond donors (Lipinski definition) is 2. The van der Waals surface area contributed by atoms with Gasteiger partial charge in [-0.05, 0) is 44.0 Å². The lowest BCUT2D eigenvalue weighted by Gasteiger charge is -2.18. The molecule has 2 heterocycles. The van der Waals surface area contributed by atoms with Crippen LogP contribution >= 0.6 is 0 Å². The molecule has 0 aliphatic carbocycles. The van der Waals surface area contributed by atoms with Gasteiger partial charge < -0.3 is 24.3 Å². The van der Waals surface area contributed by atoms with Crippen molar-refractivity contribution in [3.05, 3.63) is 39.3 Å². The molecule has 1 aliphatic rings. The van der Waals surface area contributed by atoms with Crippen molar-refractivity contribution in [3.63, 3.8) is 0 Å². The molecular formula is C17H22N2O5. The van der Waals surface area contributed by atoms with Crippen molar-refractivity contribution in [1.29, 1.82) is 0 Å². The third-order valence-electron chi connectivity index (χ3n) is 4.64. The number of ether oxygens (including phenoxy) is 2. The van der Waals surface area contributed by atoms with Gasteiger partial charge >= 0.3 is 0 Å². The van der Waals surface area contributed by atoms with Gasteiger partial charge in [0.2, 0.25) is 0 Å². The average molecular weight is 334 g/mol.